The zero-order valence-corrected chi connectivity index (χ0v) is 21.2. The van der Waals surface area contributed by atoms with Crippen molar-refractivity contribution in [3.8, 4) is 0 Å². The van der Waals surface area contributed by atoms with Gasteiger partial charge in [0.1, 0.15) is 11.6 Å². The highest BCUT2D eigenvalue weighted by Gasteiger charge is 2.26. The monoisotopic (exact) mass is 523 g/mol. The number of nitrogens with one attached hydrogen (secondary N) is 1. The lowest BCUT2D eigenvalue weighted by Crippen LogP contribution is -2.32. The van der Waals surface area contributed by atoms with Gasteiger partial charge in [0, 0.05) is 38.6 Å². The molecule has 0 aromatic heterocycles. The summed E-state index contributed by atoms with van der Waals surface area (Å²) < 4.78 is 82.4. The molecule has 0 bridgehead atoms. The Labute approximate surface area is 205 Å². The molecular formula is C24H27F2N3O4S2. The quantitative estimate of drug-likeness (QED) is 0.425. The fourth-order valence-electron chi connectivity index (χ4n) is 3.52. The van der Waals surface area contributed by atoms with E-state index in [1.54, 1.807) is 37.2 Å². The van der Waals surface area contributed by atoms with Gasteiger partial charge in [0.2, 0.25) is 10.0 Å². The van der Waals surface area contributed by atoms with E-state index in [1.165, 1.54) is 16.4 Å². The fraction of sp³-hybridized carbons (Fsp3) is 0.250. The summed E-state index contributed by atoms with van der Waals surface area (Å²) in [5.41, 5.74) is 1.49. The van der Waals surface area contributed by atoms with Gasteiger partial charge < -0.3 is 4.90 Å². The SMILES string of the molecule is CCCN(Cc1cc(NS(=O)(=O)c2ccc(F)cc2)ccc1N(C)C)S(=O)(=O)c1ccc(F)cc1. The Morgan fingerprint density at radius 2 is 1.34 bits per heavy atom. The summed E-state index contributed by atoms with van der Waals surface area (Å²) in [4.78, 5) is 1.65. The molecule has 0 spiro atoms. The van der Waals surface area contributed by atoms with Gasteiger partial charge in [-0.15, -0.1) is 0 Å². The van der Waals surface area contributed by atoms with Crippen molar-refractivity contribution in [2.45, 2.75) is 29.7 Å². The van der Waals surface area contributed by atoms with E-state index >= 15 is 0 Å². The second-order valence-corrected chi connectivity index (χ2v) is 11.7. The highest BCUT2D eigenvalue weighted by atomic mass is 32.2. The molecule has 0 aliphatic rings. The van der Waals surface area contributed by atoms with Crippen molar-refractivity contribution in [2.24, 2.45) is 0 Å². The van der Waals surface area contributed by atoms with Crippen molar-refractivity contribution in [1.29, 1.82) is 0 Å². The number of anilines is 2. The molecule has 0 saturated heterocycles. The number of sulfonamides is 2. The predicted octanol–water partition coefficient (Wildman–Crippen LogP) is 4.43. The molecule has 0 saturated carbocycles. The van der Waals surface area contributed by atoms with E-state index in [0.717, 1.165) is 36.4 Å². The topological polar surface area (TPSA) is 86.8 Å². The van der Waals surface area contributed by atoms with E-state index in [4.69, 9.17) is 0 Å². The first-order valence-corrected chi connectivity index (χ1v) is 13.7. The minimum absolute atomic E-state index is 0.0345. The number of hydrogen-bond donors (Lipinski definition) is 1. The molecule has 0 aliphatic heterocycles. The van der Waals surface area contributed by atoms with Crippen LogP contribution in [-0.4, -0.2) is 41.8 Å². The second-order valence-electron chi connectivity index (χ2n) is 8.09. The largest absolute Gasteiger partial charge is 0.377 e. The van der Waals surface area contributed by atoms with Gasteiger partial charge in [-0.1, -0.05) is 6.92 Å². The third-order valence-corrected chi connectivity index (χ3v) is 8.47. The van der Waals surface area contributed by atoms with Crippen LogP contribution in [0.2, 0.25) is 0 Å². The molecule has 0 fully saturated rings. The van der Waals surface area contributed by atoms with Crippen LogP contribution in [0.15, 0.2) is 76.5 Å². The minimum Gasteiger partial charge on any atom is -0.377 e. The van der Waals surface area contributed by atoms with Gasteiger partial charge in [0.15, 0.2) is 0 Å². The van der Waals surface area contributed by atoms with Gasteiger partial charge in [-0.25, -0.2) is 25.6 Å². The predicted molar refractivity (Wildman–Crippen MR) is 132 cm³/mol. The highest BCUT2D eigenvalue weighted by Crippen LogP contribution is 2.28. The summed E-state index contributed by atoms with van der Waals surface area (Å²) >= 11 is 0. The van der Waals surface area contributed by atoms with E-state index in [1.807, 2.05) is 6.92 Å². The van der Waals surface area contributed by atoms with Gasteiger partial charge in [-0.2, -0.15) is 4.31 Å². The maximum atomic E-state index is 13.3. The number of halogens is 2. The molecule has 3 aromatic rings. The molecule has 188 valence electrons. The standard InChI is InChI=1S/C24H27F2N3O4S2/c1-4-15-29(35(32,33)23-12-7-20(26)8-13-23)17-18-16-21(9-14-24(18)28(2)3)27-34(30,31)22-10-5-19(25)6-11-22/h5-14,16,27H,4,15,17H2,1-3H3. The maximum absolute atomic E-state index is 13.3. The first kappa shape index (κ1) is 26.6. The molecule has 0 atom stereocenters. The Bertz CT molecular complexity index is 1380. The lowest BCUT2D eigenvalue weighted by Gasteiger charge is -2.25. The third kappa shape index (κ3) is 6.36. The molecule has 3 aromatic carbocycles. The van der Waals surface area contributed by atoms with Crippen molar-refractivity contribution >= 4 is 31.4 Å². The molecular weight excluding hydrogens is 496 g/mol. The summed E-state index contributed by atoms with van der Waals surface area (Å²) in [5, 5.41) is 0. The van der Waals surface area contributed by atoms with E-state index in [9.17, 15) is 25.6 Å². The number of rotatable bonds is 10. The van der Waals surface area contributed by atoms with Crippen LogP contribution in [0.1, 0.15) is 18.9 Å². The molecule has 0 amide bonds. The third-order valence-electron chi connectivity index (χ3n) is 5.21. The van der Waals surface area contributed by atoms with Gasteiger partial charge >= 0.3 is 0 Å². The van der Waals surface area contributed by atoms with Crippen LogP contribution < -0.4 is 9.62 Å². The zero-order chi connectivity index (χ0) is 25.8. The Hall–Kier alpha value is -3.02. The number of benzene rings is 3. The molecule has 0 radical (unpaired) electrons. The number of hydrogen-bond acceptors (Lipinski definition) is 5. The lowest BCUT2D eigenvalue weighted by atomic mass is 10.1. The van der Waals surface area contributed by atoms with E-state index < -0.39 is 31.7 Å². The zero-order valence-electron chi connectivity index (χ0n) is 19.6. The van der Waals surface area contributed by atoms with Crippen LogP contribution in [0.25, 0.3) is 0 Å². The minimum atomic E-state index is -3.99. The molecule has 3 rings (SSSR count). The molecule has 0 unspecified atom stereocenters. The average molecular weight is 524 g/mol. The van der Waals surface area contributed by atoms with Crippen LogP contribution in [0.5, 0.6) is 0 Å². The smallest absolute Gasteiger partial charge is 0.261 e. The first-order valence-electron chi connectivity index (χ1n) is 10.8. The summed E-state index contributed by atoms with van der Waals surface area (Å²) in [7, 11) is -4.35. The van der Waals surface area contributed by atoms with Gasteiger partial charge in [-0.3, -0.25) is 4.72 Å². The van der Waals surface area contributed by atoms with Crippen LogP contribution in [-0.2, 0) is 26.6 Å². The van der Waals surface area contributed by atoms with Gasteiger partial charge in [-0.05, 0) is 78.7 Å². The molecule has 0 heterocycles. The molecule has 7 nitrogen and oxygen atoms in total. The van der Waals surface area contributed by atoms with E-state index in [-0.39, 0.29) is 28.6 Å². The maximum Gasteiger partial charge on any atom is 0.261 e. The Balaban J connectivity index is 1.98. The normalized spacial score (nSPS) is 12.1. The number of nitrogens with zero attached hydrogens (tertiary/aromatic N) is 2. The lowest BCUT2D eigenvalue weighted by molar-refractivity contribution is 0.406. The van der Waals surface area contributed by atoms with Crippen molar-refractivity contribution in [3.63, 3.8) is 0 Å². The summed E-state index contributed by atoms with van der Waals surface area (Å²) in [6, 6.07) is 13.9. The second kappa shape index (κ2) is 10.7. The molecule has 0 aliphatic carbocycles. The Morgan fingerprint density at radius 3 is 1.86 bits per heavy atom. The van der Waals surface area contributed by atoms with Crippen molar-refractivity contribution in [1.82, 2.24) is 4.31 Å². The van der Waals surface area contributed by atoms with Crippen molar-refractivity contribution in [2.75, 3.05) is 30.3 Å². The summed E-state index contributed by atoms with van der Waals surface area (Å²) in [6.07, 6.45) is 0.536. The van der Waals surface area contributed by atoms with Gasteiger partial charge in [0.25, 0.3) is 10.0 Å². The summed E-state index contributed by atoms with van der Waals surface area (Å²) in [6.45, 7) is 2.01. The van der Waals surface area contributed by atoms with Crippen molar-refractivity contribution in [3.05, 3.63) is 83.9 Å². The van der Waals surface area contributed by atoms with Crippen LogP contribution >= 0.6 is 0 Å². The highest BCUT2D eigenvalue weighted by molar-refractivity contribution is 7.92. The summed E-state index contributed by atoms with van der Waals surface area (Å²) in [5.74, 6) is -1.10. The fourth-order valence-corrected chi connectivity index (χ4v) is 6.08. The Kier molecular flexibility index (Phi) is 8.14. The Morgan fingerprint density at radius 1 is 0.800 bits per heavy atom. The average Bonchev–Trinajstić information content (AvgIpc) is 2.79. The molecule has 35 heavy (non-hydrogen) atoms. The van der Waals surface area contributed by atoms with Crippen LogP contribution in [0.4, 0.5) is 20.2 Å². The van der Waals surface area contributed by atoms with E-state index in [2.05, 4.69) is 4.72 Å². The van der Waals surface area contributed by atoms with Crippen LogP contribution in [0, 0.1) is 11.6 Å². The van der Waals surface area contributed by atoms with Gasteiger partial charge in [0.05, 0.1) is 9.79 Å². The first-order chi connectivity index (χ1) is 16.4. The van der Waals surface area contributed by atoms with Crippen molar-refractivity contribution < 1.29 is 25.6 Å². The molecule has 11 heteroatoms. The molecule has 1 N–H and O–H groups in total. The van der Waals surface area contributed by atoms with Crippen LogP contribution in [0.3, 0.4) is 0 Å². The van der Waals surface area contributed by atoms with E-state index in [0.29, 0.717) is 17.7 Å².